The summed E-state index contributed by atoms with van der Waals surface area (Å²) in [6, 6.07) is 5.53. The summed E-state index contributed by atoms with van der Waals surface area (Å²) in [7, 11) is 1.89. The lowest BCUT2D eigenvalue weighted by Crippen LogP contribution is -2.25. The zero-order chi connectivity index (χ0) is 19.7. The van der Waals surface area contributed by atoms with Crippen LogP contribution in [-0.4, -0.2) is 46.6 Å². The van der Waals surface area contributed by atoms with E-state index >= 15 is 0 Å². The zero-order valence-corrected chi connectivity index (χ0v) is 16.1. The third-order valence-electron chi connectivity index (χ3n) is 4.86. The summed E-state index contributed by atoms with van der Waals surface area (Å²) in [5.41, 5.74) is 4.90. The van der Waals surface area contributed by atoms with Gasteiger partial charge in [0.05, 0.1) is 11.9 Å². The molecule has 144 valence electrons. The number of rotatable bonds is 6. The third kappa shape index (κ3) is 3.26. The molecule has 0 bridgehead atoms. The topological polar surface area (TPSA) is 94.9 Å². The number of hydrogen-bond donors (Lipinski definition) is 1. The lowest BCUT2D eigenvalue weighted by atomic mass is 10.2. The number of carbonyl (C=O) groups excluding carboxylic acids is 1. The van der Waals surface area contributed by atoms with Gasteiger partial charge in [-0.3, -0.25) is 14.2 Å². The van der Waals surface area contributed by atoms with Crippen LogP contribution in [0, 0.1) is 13.8 Å². The van der Waals surface area contributed by atoms with E-state index in [1.807, 2.05) is 37.7 Å². The number of nitrogens with one attached hydrogen (secondary N) is 1. The Kier molecular flexibility index (Phi) is 4.64. The SMILES string of the molecule is Cc1c(-c2ccnc3cc(C(=O)NCCCn4nccc4C)nn23)cnn1C. The quantitative estimate of drug-likeness (QED) is 0.516. The number of hydrogen-bond acceptors (Lipinski definition) is 5. The second-order valence-corrected chi connectivity index (χ2v) is 6.70. The predicted octanol–water partition coefficient (Wildman–Crippen LogP) is 1.76. The summed E-state index contributed by atoms with van der Waals surface area (Å²) >= 11 is 0. The molecule has 0 aliphatic rings. The molecule has 0 atom stereocenters. The van der Waals surface area contributed by atoms with E-state index in [1.165, 1.54) is 0 Å². The molecule has 0 radical (unpaired) electrons. The van der Waals surface area contributed by atoms with Crippen molar-refractivity contribution in [3.63, 3.8) is 0 Å². The minimum Gasteiger partial charge on any atom is -0.351 e. The molecule has 0 unspecified atom stereocenters. The van der Waals surface area contributed by atoms with Crippen molar-refractivity contribution in [2.45, 2.75) is 26.8 Å². The van der Waals surface area contributed by atoms with E-state index < -0.39 is 0 Å². The molecule has 4 rings (SSSR count). The fraction of sp³-hybridized carbons (Fsp3) is 0.316. The summed E-state index contributed by atoms with van der Waals surface area (Å²) in [6.45, 7) is 5.31. The van der Waals surface area contributed by atoms with Gasteiger partial charge in [0, 0.05) is 55.5 Å². The van der Waals surface area contributed by atoms with Crippen LogP contribution < -0.4 is 5.32 Å². The third-order valence-corrected chi connectivity index (χ3v) is 4.86. The Labute approximate surface area is 162 Å². The highest BCUT2D eigenvalue weighted by molar-refractivity contribution is 5.93. The van der Waals surface area contributed by atoms with Crippen LogP contribution in [-0.2, 0) is 13.6 Å². The Balaban J connectivity index is 1.48. The van der Waals surface area contributed by atoms with Crippen LogP contribution in [0.15, 0.2) is 36.8 Å². The molecule has 0 aromatic carbocycles. The Morgan fingerprint density at radius 1 is 1.18 bits per heavy atom. The lowest BCUT2D eigenvalue weighted by molar-refractivity contribution is 0.0947. The summed E-state index contributed by atoms with van der Waals surface area (Å²) < 4.78 is 5.41. The number of carbonyl (C=O) groups is 1. The van der Waals surface area contributed by atoms with Crippen LogP contribution >= 0.6 is 0 Å². The minimum atomic E-state index is -0.212. The molecule has 9 heteroatoms. The first-order valence-corrected chi connectivity index (χ1v) is 9.15. The fourth-order valence-corrected chi connectivity index (χ4v) is 3.11. The van der Waals surface area contributed by atoms with Crippen molar-refractivity contribution < 1.29 is 4.79 Å². The zero-order valence-electron chi connectivity index (χ0n) is 16.1. The molecule has 1 N–H and O–H groups in total. The molecule has 4 aromatic rings. The van der Waals surface area contributed by atoms with Crippen molar-refractivity contribution in [1.82, 2.24) is 39.5 Å². The van der Waals surface area contributed by atoms with Gasteiger partial charge in [-0.1, -0.05) is 0 Å². The van der Waals surface area contributed by atoms with Crippen LogP contribution in [0.5, 0.6) is 0 Å². The minimum absolute atomic E-state index is 0.212. The van der Waals surface area contributed by atoms with Gasteiger partial charge in [-0.2, -0.15) is 15.3 Å². The maximum atomic E-state index is 12.5. The average molecular weight is 378 g/mol. The lowest BCUT2D eigenvalue weighted by Gasteiger charge is -2.05. The maximum absolute atomic E-state index is 12.5. The first kappa shape index (κ1) is 17.9. The smallest absolute Gasteiger partial charge is 0.271 e. The van der Waals surface area contributed by atoms with Gasteiger partial charge in [0.15, 0.2) is 11.3 Å². The van der Waals surface area contributed by atoms with Crippen molar-refractivity contribution in [3.05, 3.63) is 53.9 Å². The number of amides is 1. The van der Waals surface area contributed by atoms with Gasteiger partial charge >= 0.3 is 0 Å². The molecule has 0 saturated heterocycles. The van der Waals surface area contributed by atoms with E-state index in [-0.39, 0.29) is 5.91 Å². The van der Waals surface area contributed by atoms with Crippen molar-refractivity contribution in [3.8, 4) is 11.3 Å². The number of nitrogens with zero attached hydrogens (tertiary/aromatic N) is 7. The van der Waals surface area contributed by atoms with Crippen LogP contribution in [0.2, 0.25) is 0 Å². The van der Waals surface area contributed by atoms with Crippen LogP contribution in [0.1, 0.15) is 28.3 Å². The Hall–Kier alpha value is -3.49. The van der Waals surface area contributed by atoms with E-state index in [0.717, 1.165) is 35.6 Å². The number of fused-ring (bicyclic) bond motifs is 1. The van der Waals surface area contributed by atoms with Gasteiger partial charge < -0.3 is 5.32 Å². The molecule has 4 aromatic heterocycles. The van der Waals surface area contributed by atoms with E-state index in [1.54, 1.807) is 33.9 Å². The first-order valence-electron chi connectivity index (χ1n) is 9.15. The van der Waals surface area contributed by atoms with E-state index in [2.05, 4.69) is 25.6 Å². The molecule has 4 heterocycles. The second kappa shape index (κ2) is 7.26. The average Bonchev–Trinajstić information content (AvgIpc) is 3.38. The normalized spacial score (nSPS) is 11.2. The Bertz CT molecular complexity index is 1140. The van der Waals surface area contributed by atoms with E-state index in [4.69, 9.17) is 0 Å². The molecule has 0 spiro atoms. The van der Waals surface area contributed by atoms with Crippen molar-refractivity contribution in [2.24, 2.45) is 7.05 Å². The van der Waals surface area contributed by atoms with Gasteiger partial charge in [-0.25, -0.2) is 9.50 Å². The summed E-state index contributed by atoms with van der Waals surface area (Å²) in [5, 5.41) is 15.9. The van der Waals surface area contributed by atoms with E-state index in [9.17, 15) is 4.79 Å². The molecule has 28 heavy (non-hydrogen) atoms. The van der Waals surface area contributed by atoms with Crippen molar-refractivity contribution in [2.75, 3.05) is 6.54 Å². The van der Waals surface area contributed by atoms with Crippen molar-refractivity contribution in [1.29, 1.82) is 0 Å². The van der Waals surface area contributed by atoms with Gasteiger partial charge in [0.1, 0.15) is 0 Å². The molecular formula is C19H22N8O. The summed E-state index contributed by atoms with van der Waals surface area (Å²) in [4.78, 5) is 16.8. The summed E-state index contributed by atoms with van der Waals surface area (Å²) in [6.07, 6.45) is 6.08. The standard InChI is InChI=1S/C19H22N8O/c1-13-5-9-22-26(13)10-4-7-21-19(28)16-11-18-20-8-6-17(27(18)24-16)15-12-23-25(3)14(15)2/h5-6,8-9,11-12H,4,7,10H2,1-3H3,(H,21,28). The van der Waals surface area contributed by atoms with Crippen LogP contribution in [0.4, 0.5) is 0 Å². The van der Waals surface area contributed by atoms with Gasteiger partial charge in [0.2, 0.25) is 0 Å². The van der Waals surface area contributed by atoms with Gasteiger partial charge in [-0.05, 0) is 32.4 Å². The first-order chi connectivity index (χ1) is 13.5. The molecule has 0 saturated carbocycles. The summed E-state index contributed by atoms with van der Waals surface area (Å²) in [5.74, 6) is -0.212. The molecule has 0 aliphatic heterocycles. The molecule has 9 nitrogen and oxygen atoms in total. The van der Waals surface area contributed by atoms with Crippen LogP contribution in [0.25, 0.3) is 16.9 Å². The fourth-order valence-electron chi connectivity index (χ4n) is 3.11. The second-order valence-electron chi connectivity index (χ2n) is 6.70. The highest BCUT2D eigenvalue weighted by Crippen LogP contribution is 2.23. The van der Waals surface area contributed by atoms with Gasteiger partial charge in [-0.15, -0.1) is 0 Å². The van der Waals surface area contributed by atoms with E-state index in [0.29, 0.717) is 17.9 Å². The maximum Gasteiger partial charge on any atom is 0.271 e. The molecule has 1 amide bonds. The Morgan fingerprint density at radius 2 is 2.04 bits per heavy atom. The molecule has 0 fully saturated rings. The monoisotopic (exact) mass is 378 g/mol. The molecule has 0 aliphatic carbocycles. The largest absolute Gasteiger partial charge is 0.351 e. The predicted molar refractivity (Wildman–Crippen MR) is 104 cm³/mol. The Morgan fingerprint density at radius 3 is 2.75 bits per heavy atom. The molecular weight excluding hydrogens is 356 g/mol. The number of aryl methyl sites for hydroxylation is 3. The van der Waals surface area contributed by atoms with Gasteiger partial charge in [0.25, 0.3) is 5.91 Å². The van der Waals surface area contributed by atoms with Crippen molar-refractivity contribution >= 4 is 11.6 Å². The highest BCUT2D eigenvalue weighted by atomic mass is 16.1. The highest BCUT2D eigenvalue weighted by Gasteiger charge is 2.16. The van der Waals surface area contributed by atoms with Crippen LogP contribution in [0.3, 0.4) is 0 Å². The number of aromatic nitrogens is 7.